The number of primary amides is 1. The van der Waals surface area contributed by atoms with Gasteiger partial charge in [0.15, 0.2) is 0 Å². The average molecular weight is 232 g/mol. The van der Waals surface area contributed by atoms with Gasteiger partial charge in [0, 0.05) is 6.61 Å². The molecule has 0 unspecified atom stereocenters. The number of benzene rings is 1. The lowest BCUT2D eigenvalue weighted by atomic mass is 10.1. The molecule has 1 rings (SSSR count). The van der Waals surface area contributed by atoms with E-state index in [4.69, 9.17) is 20.8 Å². The molecule has 0 heterocycles. The summed E-state index contributed by atoms with van der Waals surface area (Å²) in [7, 11) is 0. The molecule has 0 saturated carbocycles. The smallest absolute Gasteiger partial charge is 0.409 e. The SMILES string of the molecule is N#Cc1ccc(OC(N)=O)cc1/C=C/CCO. The second kappa shape index (κ2) is 6.30. The minimum Gasteiger partial charge on any atom is -0.410 e. The molecule has 0 aliphatic heterocycles. The molecule has 0 fully saturated rings. The van der Waals surface area contributed by atoms with E-state index in [9.17, 15) is 4.79 Å². The predicted molar refractivity (Wildman–Crippen MR) is 62.1 cm³/mol. The molecular weight excluding hydrogens is 220 g/mol. The molecule has 5 nitrogen and oxygen atoms in total. The van der Waals surface area contributed by atoms with Crippen molar-refractivity contribution in [3.63, 3.8) is 0 Å². The molecule has 88 valence electrons. The summed E-state index contributed by atoms with van der Waals surface area (Å²) in [6.07, 6.45) is 3.00. The summed E-state index contributed by atoms with van der Waals surface area (Å²) in [5.41, 5.74) is 5.95. The lowest BCUT2D eigenvalue weighted by Gasteiger charge is -2.03. The maximum absolute atomic E-state index is 10.6. The summed E-state index contributed by atoms with van der Waals surface area (Å²) in [6, 6.07) is 6.59. The first-order chi connectivity index (χ1) is 8.17. The summed E-state index contributed by atoms with van der Waals surface area (Å²) in [5, 5.41) is 17.5. The highest BCUT2D eigenvalue weighted by Crippen LogP contribution is 2.19. The van der Waals surface area contributed by atoms with Gasteiger partial charge in [0.2, 0.25) is 0 Å². The molecule has 0 spiro atoms. The number of ether oxygens (including phenoxy) is 1. The predicted octanol–water partition coefficient (Wildman–Crippen LogP) is 1.41. The molecule has 0 saturated heterocycles. The third kappa shape index (κ3) is 3.97. The van der Waals surface area contributed by atoms with Crippen molar-refractivity contribution in [3.05, 3.63) is 35.4 Å². The van der Waals surface area contributed by atoms with Crippen LogP contribution in [0.3, 0.4) is 0 Å². The molecular formula is C12H12N2O3. The maximum Gasteiger partial charge on any atom is 0.409 e. The van der Waals surface area contributed by atoms with Crippen LogP contribution >= 0.6 is 0 Å². The highest BCUT2D eigenvalue weighted by molar-refractivity contribution is 5.69. The monoisotopic (exact) mass is 232 g/mol. The lowest BCUT2D eigenvalue weighted by Crippen LogP contribution is -2.16. The zero-order valence-electron chi connectivity index (χ0n) is 9.09. The molecule has 1 aromatic rings. The summed E-state index contributed by atoms with van der Waals surface area (Å²) in [4.78, 5) is 10.6. The zero-order chi connectivity index (χ0) is 12.7. The van der Waals surface area contributed by atoms with Crippen LogP contribution < -0.4 is 10.5 Å². The Morgan fingerprint density at radius 2 is 2.35 bits per heavy atom. The Kier molecular flexibility index (Phi) is 4.73. The van der Waals surface area contributed by atoms with E-state index in [0.29, 0.717) is 17.5 Å². The molecule has 17 heavy (non-hydrogen) atoms. The quantitative estimate of drug-likeness (QED) is 0.820. The van der Waals surface area contributed by atoms with Gasteiger partial charge in [0.05, 0.1) is 11.6 Å². The topological polar surface area (TPSA) is 96.3 Å². The summed E-state index contributed by atoms with van der Waals surface area (Å²) >= 11 is 0. The van der Waals surface area contributed by atoms with Crippen LogP contribution in [0.4, 0.5) is 4.79 Å². The van der Waals surface area contributed by atoms with E-state index < -0.39 is 6.09 Å². The third-order valence-electron chi connectivity index (χ3n) is 1.96. The molecule has 1 aromatic carbocycles. The van der Waals surface area contributed by atoms with Crippen LogP contribution in [-0.4, -0.2) is 17.8 Å². The lowest BCUT2D eigenvalue weighted by molar-refractivity contribution is 0.211. The number of rotatable bonds is 4. The Balaban J connectivity index is 2.98. The van der Waals surface area contributed by atoms with Gasteiger partial charge in [-0.2, -0.15) is 5.26 Å². The zero-order valence-corrected chi connectivity index (χ0v) is 9.09. The Hall–Kier alpha value is -2.32. The van der Waals surface area contributed by atoms with Crippen LogP contribution in [-0.2, 0) is 0 Å². The number of hydrogen-bond donors (Lipinski definition) is 2. The van der Waals surface area contributed by atoms with E-state index in [1.165, 1.54) is 18.2 Å². The number of aliphatic hydroxyl groups is 1. The highest BCUT2D eigenvalue weighted by Gasteiger charge is 2.03. The normalized spacial score (nSPS) is 10.1. The maximum atomic E-state index is 10.6. The number of carbonyl (C=O) groups is 1. The molecule has 3 N–H and O–H groups in total. The van der Waals surface area contributed by atoms with Gasteiger partial charge in [-0.25, -0.2) is 4.79 Å². The van der Waals surface area contributed by atoms with Gasteiger partial charge in [-0.3, -0.25) is 0 Å². The third-order valence-corrected chi connectivity index (χ3v) is 1.96. The molecule has 1 amide bonds. The van der Waals surface area contributed by atoms with Gasteiger partial charge in [-0.05, 0) is 30.2 Å². The Morgan fingerprint density at radius 3 is 2.94 bits per heavy atom. The Labute approximate surface area is 98.7 Å². The van der Waals surface area contributed by atoms with Crippen molar-refractivity contribution in [2.45, 2.75) is 6.42 Å². The van der Waals surface area contributed by atoms with Gasteiger partial charge in [0.1, 0.15) is 5.75 Å². The van der Waals surface area contributed by atoms with E-state index in [1.807, 2.05) is 6.07 Å². The van der Waals surface area contributed by atoms with E-state index >= 15 is 0 Å². The molecule has 0 atom stereocenters. The minimum atomic E-state index is -0.903. The number of aliphatic hydroxyl groups excluding tert-OH is 1. The van der Waals surface area contributed by atoms with Crippen molar-refractivity contribution < 1.29 is 14.6 Å². The van der Waals surface area contributed by atoms with E-state index in [0.717, 1.165) is 0 Å². The fourth-order valence-electron chi connectivity index (χ4n) is 1.25. The molecule has 0 aliphatic carbocycles. The largest absolute Gasteiger partial charge is 0.410 e. The summed E-state index contributed by atoms with van der Waals surface area (Å²) in [5.74, 6) is 0.278. The van der Waals surface area contributed by atoms with E-state index in [-0.39, 0.29) is 12.4 Å². The highest BCUT2D eigenvalue weighted by atomic mass is 16.5. The molecule has 0 aromatic heterocycles. The molecule has 0 radical (unpaired) electrons. The van der Waals surface area contributed by atoms with Gasteiger partial charge >= 0.3 is 6.09 Å². The number of nitrogens with zero attached hydrogens (tertiary/aromatic N) is 1. The number of nitrogens with two attached hydrogens (primary N) is 1. The van der Waals surface area contributed by atoms with E-state index in [2.05, 4.69) is 0 Å². The number of nitriles is 1. The second-order valence-electron chi connectivity index (χ2n) is 3.20. The van der Waals surface area contributed by atoms with Crippen LogP contribution in [0.1, 0.15) is 17.5 Å². The van der Waals surface area contributed by atoms with Gasteiger partial charge in [-0.15, -0.1) is 0 Å². The van der Waals surface area contributed by atoms with Crippen molar-refractivity contribution in [1.82, 2.24) is 0 Å². The summed E-state index contributed by atoms with van der Waals surface area (Å²) in [6.45, 7) is 0.0376. The molecule has 5 heteroatoms. The van der Waals surface area contributed by atoms with Crippen LogP contribution in [0.5, 0.6) is 5.75 Å². The molecule has 0 bridgehead atoms. The van der Waals surface area contributed by atoms with Crippen molar-refractivity contribution in [1.29, 1.82) is 5.26 Å². The minimum absolute atomic E-state index is 0.0376. The standard InChI is InChI=1S/C12H12N2O3/c13-8-10-4-5-11(17-12(14)16)7-9(10)3-1-2-6-15/h1,3-5,7,15H,2,6H2,(H2,14,16)/b3-1+. The van der Waals surface area contributed by atoms with Crippen LogP contribution in [0.25, 0.3) is 6.08 Å². The van der Waals surface area contributed by atoms with Gasteiger partial charge < -0.3 is 15.6 Å². The van der Waals surface area contributed by atoms with Crippen LogP contribution in [0.15, 0.2) is 24.3 Å². The Bertz CT molecular complexity index is 475. The first-order valence-electron chi connectivity index (χ1n) is 4.96. The van der Waals surface area contributed by atoms with Crippen molar-refractivity contribution in [2.24, 2.45) is 5.73 Å². The number of carbonyl (C=O) groups excluding carboxylic acids is 1. The Morgan fingerprint density at radius 1 is 1.59 bits per heavy atom. The first-order valence-corrected chi connectivity index (χ1v) is 4.96. The summed E-state index contributed by atoms with van der Waals surface area (Å²) < 4.78 is 4.71. The van der Waals surface area contributed by atoms with Crippen LogP contribution in [0, 0.1) is 11.3 Å². The average Bonchev–Trinajstić information content (AvgIpc) is 2.29. The van der Waals surface area contributed by atoms with Gasteiger partial charge in [0.25, 0.3) is 0 Å². The van der Waals surface area contributed by atoms with Gasteiger partial charge in [-0.1, -0.05) is 12.2 Å². The van der Waals surface area contributed by atoms with E-state index in [1.54, 1.807) is 12.2 Å². The van der Waals surface area contributed by atoms with Crippen molar-refractivity contribution in [3.8, 4) is 11.8 Å². The fourth-order valence-corrected chi connectivity index (χ4v) is 1.25. The number of amides is 1. The number of hydrogen-bond acceptors (Lipinski definition) is 4. The fraction of sp³-hybridized carbons (Fsp3) is 0.167. The second-order valence-corrected chi connectivity index (χ2v) is 3.20. The first kappa shape index (κ1) is 12.7. The molecule has 0 aliphatic rings. The van der Waals surface area contributed by atoms with Crippen molar-refractivity contribution >= 4 is 12.2 Å². The van der Waals surface area contributed by atoms with Crippen LogP contribution in [0.2, 0.25) is 0 Å². The van der Waals surface area contributed by atoms with Crippen molar-refractivity contribution in [2.75, 3.05) is 6.61 Å².